The van der Waals surface area contributed by atoms with Crippen LogP contribution in [0.15, 0.2) is 24.3 Å². The van der Waals surface area contributed by atoms with Crippen molar-refractivity contribution in [2.24, 2.45) is 7.05 Å². The van der Waals surface area contributed by atoms with Crippen LogP contribution in [0.4, 0.5) is 0 Å². The average molecular weight is 246 g/mol. The Bertz CT molecular complexity index is 584. The van der Waals surface area contributed by atoms with Crippen molar-refractivity contribution >= 4 is 16.7 Å². The first kappa shape index (κ1) is 12.8. The number of benzene rings is 1. The number of carbonyl (C=O) groups excluding carboxylic acids is 1. The van der Waals surface area contributed by atoms with Crippen molar-refractivity contribution < 1.29 is 9.53 Å². The number of rotatable bonds is 4. The first-order valence-corrected chi connectivity index (χ1v) is 5.95. The van der Waals surface area contributed by atoms with Crippen LogP contribution >= 0.6 is 0 Å². The van der Waals surface area contributed by atoms with Gasteiger partial charge >= 0.3 is 0 Å². The van der Waals surface area contributed by atoms with Crippen molar-refractivity contribution in [3.63, 3.8) is 0 Å². The van der Waals surface area contributed by atoms with Crippen molar-refractivity contribution in [2.45, 2.75) is 25.9 Å². The summed E-state index contributed by atoms with van der Waals surface area (Å²) in [4.78, 5) is 12.1. The summed E-state index contributed by atoms with van der Waals surface area (Å²) in [7, 11) is 3.44. The van der Waals surface area contributed by atoms with Crippen LogP contribution in [0.2, 0.25) is 0 Å². The molecule has 18 heavy (non-hydrogen) atoms. The lowest BCUT2D eigenvalue weighted by molar-refractivity contribution is -0.136. The van der Waals surface area contributed by atoms with E-state index in [4.69, 9.17) is 4.74 Å². The summed E-state index contributed by atoms with van der Waals surface area (Å²) in [6, 6.07) is 7.91. The number of para-hydroxylation sites is 1. The fourth-order valence-electron chi connectivity index (χ4n) is 1.90. The van der Waals surface area contributed by atoms with Gasteiger partial charge in [0, 0.05) is 19.5 Å². The summed E-state index contributed by atoms with van der Waals surface area (Å²) in [5, 5.41) is 5.45. The molecule has 0 atom stereocenters. The van der Waals surface area contributed by atoms with Crippen LogP contribution < -0.4 is 0 Å². The summed E-state index contributed by atoms with van der Waals surface area (Å²) in [6.07, 6.45) is 0.294. The molecular formula is C14H18N2O2. The third kappa shape index (κ3) is 2.16. The summed E-state index contributed by atoms with van der Waals surface area (Å²) >= 11 is 0. The van der Waals surface area contributed by atoms with E-state index in [1.54, 1.807) is 25.6 Å². The van der Waals surface area contributed by atoms with E-state index in [0.29, 0.717) is 6.42 Å². The van der Waals surface area contributed by atoms with Crippen LogP contribution in [0.1, 0.15) is 19.5 Å². The lowest BCUT2D eigenvalue weighted by Gasteiger charge is -2.20. The van der Waals surface area contributed by atoms with Gasteiger partial charge in [0.1, 0.15) is 5.60 Å². The van der Waals surface area contributed by atoms with E-state index in [1.807, 2.05) is 31.3 Å². The van der Waals surface area contributed by atoms with Crippen molar-refractivity contribution in [3.8, 4) is 0 Å². The molecule has 0 aliphatic rings. The highest BCUT2D eigenvalue weighted by atomic mass is 16.5. The summed E-state index contributed by atoms with van der Waals surface area (Å²) in [5.41, 5.74) is 1.08. The molecule has 0 spiro atoms. The maximum atomic E-state index is 12.1. The molecular weight excluding hydrogens is 228 g/mol. The number of aromatic nitrogens is 2. The predicted molar refractivity (Wildman–Crippen MR) is 70.5 cm³/mol. The minimum absolute atomic E-state index is 0.0360. The zero-order chi connectivity index (χ0) is 13.3. The Morgan fingerprint density at radius 3 is 2.72 bits per heavy atom. The average Bonchev–Trinajstić information content (AvgIpc) is 2.67. The summed E-state index contributed by atoms with van der Waals surface area (Å²) in [6.45, 7) is 3.56. The minimum atomic E-state index is -0.765. The summed E-state index contributed by atoms with van der Waals surface area (Å²) < 4.78 is 7.01. The molecule has 1 aromatic heterocycles. The molecule has 0 fully saturated rings. The standard InChI is InChI=1S/C14H18N2O2/c1-14(2,18-4)13(17)9-11-10-7-5-6-8-12(10)16(3)15-11/h5-8H,9H2,1-4H3. The molecule has 0 aliphatic heterocycles. The molecule has 96 valence electrons. The Morgan fingerprint density at radius 2 is 2.06 bits per heavy atom. The zero-order valence-corrected chi connectivity index (χ0v) is 11.2. The Morgan fingerprint density at radius 1 is 1.39 bits per heavy atom. The molecule has 0 bridgehead atoms. The Balaban J connectivity index is 2.36. The monoisotopic (exact) mass is 246 g/mol. The van der Waals surface area contributed by atoms with E-state index in [0.717, 1.165) is 16.6 Å². The molecule has 0 N–H and O–H groups in total. The third-order valence-corrected chi connectivity index (χ3v) is 3.34. The van der Waals surface area contributed by atoms with Crippen LogP contribution in [0, 0.1) is 0 Å². The first-order chi connectivity index (χ1) is 8.45. The number of ether oxygens (including phenoxy) is 1. The number of fused-ring (bicyclic) bond motifs is 1. The highest BCUT2D eigenvalue weighted by Crippen LogP contribution is 2.20. The van der Waals surface area contributed by atoms with Crippen LogP contribution in [-0.2, 0) is 23.0 Å². The van der Waals surface area contributed by atoms with E-state index in [-0.39, 0.29) is 5.78 Å². The number of nitrogens with zero attached hydrogens (tertiary/aromatic N) is 2. The number of carbonyl (C=O) groups is 1. The van der Waals surface area contributed by atoms with Gasteiger partial charge in [0.2, 0.25) is 0 Å². The van der Waals surface area contributed by atoms with Crippen LogP contribution in [0.5, 0.6) is 0 Å². The maximum absolute atomic E-state index is 12.1. The van der Waals surface area contributed by atoms with Gasteiger partial charge < -0.3 is 4.74 Å². The predicted octanol–water partition coefficient (Wildman–Crippen LogP) is 2.11. The zero-order valence-electron chi connectivity index (χ0n) is 11.2. The van der Waals surface area contributed by atoms with Gasteiger partial charge in [-0.2, -0.15) is 5.10 Å². The molecule has 0 radical (unpaired) electrons. The van der Waals surface area contributed by atoms with Crippen molar-refractivity contribution in [1.29, 1.82) is 0 Å². The van der Waals surface area contributed by atoms with E-state index in [9.17, 15) is 4.79 Å². The van der Waals surface area contributed by atoms with E-state index >= 15 is 0 Å². The SMILES string of the molecule is COC(C)(C)C(=O)Cc1nn(C)c2ccccc12. The topological polar surface area (TPSA) is 44.1 Å². The second kappa shape index (κ2) is 4.53. The summed E-state index contributed by atoms with van der Waals surface area (Å²) in [5.74, 6) is 0.0360. The van der Waals surface area contributed by atoms with E-state index < -0.39 is 5.60 Å². The third-order valence-electron chi connectivity index (χ3n) is 3.34. The van der Waals surface area contributed by atoms with Crippen molar-refractivity contribution in [1.82, 2.24) is 9.78 Å². The van der Waals surface area contributed by atoms with Crippen LogP contribution in [0.25, 0.3) is 10.9 Å². The Hall–Kier alpha value is -1.68. The number of aryl methyl sites for hydroxylation is 1. The number of Topliss-reactive ketones (excluding diaryl/α,β-unsaturated/α-hetero) is 1. The molecule has 0 amide bonds. The molecule has 1 aromatic carbocycles. The van der Waals surface area contributed by atoms with E-state index in [2.05, 4.69) is 5.10 Å². The maximum Gasteiger partial charge on any atom is 0.170 e. The van der Waals surface area contributed by atoms with Gasteiger partial charge in [-0.3, -0.25) is 9.48 Å². The second-order valence-electron chi connectivity index (χ2n) is 4.90. The number of methoxy groups -OCH3 is 1. The normalized spacial score (nSPS) is 12.0. The molecule has 4 nitrogen and oxygen atoms in total. The second-order valence-corrected chi connectivity index (χ2v) is 4.90. The van der Waals surface area contributed by atoms with Crippen LogP contribution in [0.3, 0.4) is 0 Å². The largest absolute Gasteiger partial charge is 0.371 e. The fraction of sp³-hybridized carbons (Fsp3) is 0.429. The van der Waals surface area contributed by atoms with Gasteiger partial charge in [-0.05, 0) is 19.9 Å². The van der Waals surface area contributed by atoms with Crippen molar-refractivity contribution in [2.75, 3.05) is 7.11 Å². The van der Waals surface area contributed by atoms with E-state index in [1.165, 1.54) is 0 Å². The van der Waals surface area contributed by atoms with Gasteiger partial charge in [0.25, 0.3) is 0 Å². The highest BCUT2D eigenvalue weighted by Gasteiger charge is 2.28. The number of hydrogen-bond donors (Lipinski definition) is 0. The van der Waals surface area contributed by atoms with Crippen molar-refractivity contribution in [3.05, 3.63) is 30.0 Å². The molecule has 0 unspecified atom stereocenters. The van der Waals surface area contributed by atoms with Gasteiger partial charge in [-0.15, -0.1) is 0 Å². The quantitative estimate of drug-likeness (QED) is 0.830. The van der Waals surface area contributed by atoms with Gasteiger partial charge in [0.15, 0.2) is 5.78 Å². The Labute approximate surface area is 107 Å². The molecule has 1 heterocycles. The molecule has 0 saturated heterocycles. The molecule has 4 heteroatoms. The Kier molecular flexibility index (Phi) is 3.22. The highest BCUT2D eigenvalue weighted by molar-refractivity contribution is 5.92. The first-order valence-electron chi connectivity index (χ1n) is 5.95. The smallest absolute Gasteiger partial charge is 0.170 e. The van der Waals surface area contributed by atoms with Gasteiger partial charge in [0.05, 0.1) is 17.6 Å². The number of ketones is 1. The lowest BCUT2D eigenvalue weighted by Crippen LogP contribution is -2.35. The van der Waals surface area contributed by atoms with Gasteiger partial charge in [-0.25, -0.2) is 0 Å². The fourth-order valence-corrected chi connectivity index (χ4v) is 1.90. The molecule has 2 rings (SSSR count). The molecule has 2 aromatic rings. The minimum Gasteiger partial charge on any atom is -0.371 e. The molecule has 0 saturated carbocycles. The number of hydrogen-bond acceptors (Lipinski definition) is 3. The van der Waals surface area contributed by atoms with Crippen LogP contribution in [-0.4, -0.2) is 28.3 Å². The lowest BCUT2D eigenvalue weighted by atomic mass is 9.98. The molecule has 0 aliphatic carbocycles. The van der Waals surface area contributed by atoms with Gasteiger partial charge in [-0.1, -0.05) is 18.2 Å².